The standard InChI is InChI=1S/C12H23N.C10H17NO6/c1-3-7-11(8-4-1)13-12-9-5-2-6-10-12;1-10(2,3)17-9(15)11-6(8(13)14)5-7(12)16-4/h11-13H,1-10H2;6H,5H2,1-4H3,(H,11,15)(H,13,14)/t;6-/m.1/s1. The molecule has 0 unspecified atom stereocenters. The van der Waals surface area contributed by atoms with Crippen molar-refractivity contribution in [2.45, 2.75) is 115 Å². The van der Waals surface area contributed by atoms with Crippen LogP contribution in [0.25, 0.3) is 0 Å². The largest absolute Gasteiger partial charge is 0.480 e. The topological polar surface area (TPSA) is 114 Å². The summed E-state index contributed by atoms with van der Waals surface area (Å²) in [4.78, 5) is 33.0. The number of rotatable bonds is 6. The Morgan fingerprint density at radius 1 is 0.933 bits per heavy atom. The number of carbonyl (C=O) groups excluding carboxylic acids is 2. The maximum atomic E-state index is 11.3. The molecule has 174 valence electrons. The van der Waals surface area contributed by atoms with E-state index in [-0.39, 0.29) is 0 Å². The number of ether oxygens (including phenoxy) is 2. The van der Waals surface area contributed by atoms with Crippen molar-refractivity contribution in [1.29, 1.82) is 0 Å². The minimum atomic E-state index is -1.36. The number of carboxylic acids is 1. The molecular formula is C22H40N2O6. The fourth-order valence-corrected chi connectivity index (χ4v) is 3.77. The van der Waals surface area contributed by atoms with Gasteiger partial charge in [0.2, 0.25) is 0 Å². The normalized spacial score (nSPS) is 19.1. The lowest BCUT2D eigenvalue weighted by atomic mass is 9.91. The van der Waals surface area contributed by atoms with E-state index in [2.05, 4.69) is 15.4 Å². The summed E-state index contributed by atoms with van der Waals surface area (Å²) in [6.45, 7) is 4.92. The first-order valence-electron chi connectivity index (χ1n) is 11.2. The van der Waals surface area contributed by atoms with Crippen molar-refractivity contribution < 1.29 is 29.0 Å². The quantitative estimate of drug-likeness (QED) is 0.552. The monoisotopic (exact) mass is 428 g/mol. The second-order valence-electron chi connectivity index (χ2n) is 9.15. The number of esters is 1. The fraction of sp³-hybridized carbons (Fsp3) is 0.864. The molecule has 2 aliphatic rings. The van der Waals surface area contributed by atoms with E-state index in [1.807, 2.05) is 0 Å². The molecule has 0 aromatic heterocycles. The number of alkyl carbamates (subject to hydrolysis) is 1. The summed E-state index contributed by atoms with van der Waals surface area (Å²) in [5, 5.41) is 14.7. The molecule has 0 radical (unpaired) electrons. The highest BCUT2D eigenvalue weighted by molar-refractivity contribution is 5.85. The van der Waals surface area contributed by atoms with Crippen molar-refractivity contribution in [3.63, 3.8) is 0 Å². The van der Waals surface area contributed by atoms with Crippen molar-refractivity contribution in [2.75, 3.05) is 7.11 Å². The number of nitrogens with one attached hydrogen (secondary N) is 2. The van der Waals surface area contributed by atoms with Gasteiger partial charge >= 0.3 is 18.0 Å². The maximum absolute atomic E-state index is 11.3. The molecule has 0 bridgehead atoms. The number of aliphatic carboxylic acids is 1. The molecule has 0 heterocycles. The van der Waals surface area contributed by atoms with Crippen LogP contribution in [0.2, 0.25) is 0 Å². The van der Waals surface area contributed by atoms with E-state index in [0.717, 1.165) is 19.2 Å². The summed E-state index contributed by atoms with van der Waals surface area (Å²) in [5.74, 6) is -2.06. The Morgan fingerprint density at radius 3 is 1.77 bits per heavy atom. The second kappa shape index (κ2) is 13.5. The third-order valence-corrected chi connectivity index (χ3v) is 5.27. The van der Waals surface area contributed by atoms with Gasteiger partial charge in [-0.05, 0) is 46.5 Å². The van der Waals surface area contributed by atoms with Crippen LogP contribution in [0.3, 0.4) is 0 Å². The maximum Gasteiger partial charge on any atom is 0.408 e. The van der Waals surface area contributed by atoms with Crippen LogP contribution in [0, 0.1) is 0 Å². The van der Waals surface area contributed by atoms with Gasteiger partial charge in [0.25, 0.3) is 0 Å². The molecule has 0 aromatic carbocycles. The number of hydrogen-bond donors (Lipinski definition) is 3. The van der Waals surface area contributed by atoms with E-state index in [0.29, 0.717) is 0 Å². The molecule has 2 saturated carbocycles. The first-order valence-corrected chi connectivity index (χ1v) is 11.2. The van der Waals surface area contributed by atoms with Crippen LogP contribution < -0.4 is 10.6 Å². The van der Waals surface area contributed by atoms with E-state index in [1.165, 1.54) is 64.2 Å². The predicted octanol–water partition coefficient (Wildman–Crippen LogP) is 3.77. The van der Waals surface area contributed by atoms with Crippen LogP contribution in [0.15, 0.2) is 0 Å². The summed E-state index contributed by atoms with van der Waals surface area (Å²) in [6, 6.07) is 0.381. The first-order chi connectivity index (χ1) is 14.1. The zero-order valence-corrected chi connectivity index (χ0v) is 19.0. The zero-order valence-electron chi connectivity index (χ0n) is 19.0. The molecule has 0 saturated heterocycles. The minimum Gasteiger partial charge on any atom is -0.480 e. The fourth-order valence-electron chi connectivity index (χ4n) is 3.77. The number of methoxy groups -OCH3 is 1. The summed E-state index contributed by atoms with van der Waals surface area (Å²) in [6.07, 6.45) is 13.2. The molecule has 0 spiro atoms. The average Bonchev–Trinajstić information content (AvgIpc) is 2.68. The van der Waals surface area contributed by atoms with E-state index < -0.39 is 36.1 Å². The molecule has 1 atom stereocenters. The third kappa shape index (κ3) is 12.0. The Hall–Kier alpha value is -1.83. The summed E-state index contributed by atoms with van der Waals surface area (Å²) < 4.78 is 9.19. The van der Waals surface area contributed by atoms with E-state index in [1.54, 1.807) is 20.8 Å². The van der Waals surface area contributed by atoms with Crippen molar-refractivity contribution >= 4 is 18.0 Å². The van der Waals surface area contributed by atoms with E-state index in [4.69, 9.17) is 9.84 Å². The Bertz CT molecular complexity index is 518. The molecule has 2 rings (SSSR count). The second-order valence-corrected chi connectivity index (χ2v) is 9.15. The van der Waals surface area contributed by atoms with Gasteiger partial charge in [0.05, 0.1) is 13.5 Å². The number of hydrogen-bond acceptors (Lipinski definition) is 6. The van der Waals surface area contributed by atoms with Gasteiger partial charge in [0.1, 0.15) is 11.6 Å². The molecule has 3 N–H and O–H groups in total. The molecule has 1 amide bonds. The van der Waals surface area contributed by atoms with Crippen molar-refractivity contribution in [3.05, 3.63) is 0 Å². The Morgan fingerprint density at radius 2 is 1.40 bits per heavy atom. The minimum absolute atomic E-state index is 0.453. The highest BCUT2D eigenvalue weighted by Gasteiger charge is 2.26. The Labute approximate surface area is 180 Å². The highest BCUT2D eigenvalue weighted by atomic mass is 16.6. The van der Waals surface area contributed by atoms with Crippen LogP contribution in [-0.2, 0) is 19.1 Å². The van der Waals surface area contributed by atoms with Gasteiger partial charge in [-0.15, -0.1) is 0 Å². The van der Waals surface area contributed by atoms with Gasteiger partial charge in [-0.2, -0.15) is 0 Å². The van der Waals surface area contributed by atoms with Crippen LogP contribution in [0.5, 0.6) is 0 Å². The molecule has 2 fully saturated rings. The average molecular weight is 429 g/mol. The van der Waals surface area contributed by atoms with Crippen LogP contribution in [-0.4, -0.2) is 54.0 Å². The Kier molecular flexibility index (Phi) is 11.8. The lowest BCUT2D eigenvalue weighted by Gasteiger charge is -2.30. The SMILES string of the molecule is C1CCC(NC2CCCCC2)CC1.COC(=O)C[C@@H](NC(=O)OC(C)(C)C)C(=O)O. The van der Waals surface area contributed by atoms with E-state index >= 15 is 0 Å². The molecule has 0 aromatic rings. The van der Waals surface area contributed by atoms with Gasteiger partial charge < -0.3 is 25.2 Å². The van der Waals surface area contributed by atoms with Crippen molar-refractivity contribution in [2.24, 2.45) is 0 Å². The highest BCUT2D eigenvalue weighted by Crippen LogP contribution is 2.22. The summed E-state index contributed by atoms with van der Waals surface area (Å²) in [5.41, 5.74) is -0.738. The lowest BCUT2D eigenvalue weighted by Crippen LogP contribution is -2.44. The van der Waals surface area contributed by atoms with Gasteiger partial charge in [-0.25, -0.2) is 9.59 Å². The van der Waals surface area contributed by atoms with Crippen molar-refractivity contribution in [3.8, 4) is 0 Å². The molecule has 0 aliphatic heterocycles. The molecule has 30 heavy (non-hydrogen) atoms. The van der Waals surface area contributed by atoms with Gasteiger partial charge in [0, 0.05) is 12.1 Å². The lowest BCUT2D eigenvalue weighted by molar-refractivity contribution is -0.147. The van der Waals surface area contributed by atoms with Crippen LogP contribution in [0.1, 0.15) is 91.4 Å². The Balaban J connectivity index is 0.000000308. The summed E-state index contributed by atoms with van der Waals surface area (Å²) in [7, 11) is 1.13. The molecule has 8 heteroatoms. The molecule has 2 aliphatic carbocycles. The predicted molar refractivity (Wildman–Crippen MR) is 114 cm³/mol. The van der Waals surface area contributed by atoms with Crippen LogP contribution in [0.4, 0.5) is 4.79 Å². The molecular weight excluding hydrogens is 388 g/mol. The number of carbonyl (C=O) groups is 3. The third-order valence-electron chi connectivity index (χ3n) is 5.27. The van der Waals surface area contributed by atoms with Crippen molar-refractivity contribution in [1.82, 2.24) is 10.6 Å². The number of amides is 1. The van der Waals surface area contributed by atoms with Gasteiger partial charge in [-0.1, -0.05) is 38.5 Å². The summed E-state index contributed by atoms with van der Waals surface area (Å²) >= 11 is 0. The van der Waals surface area contributed by atoms with Gasteiger partial charge in [0.15, 0.2) is 0 Å². The zero-order chi connectivity index (χ0) is 22.6. The van der Waals surface area contributed by atoms with Crippen LogP contribution >= 0.6 is 0 Å². The van der Waals surface area contributed by atoms with E-state index in [9.17, 15) is 14.4 Å². The first kappa shape index (κ1) is 26.2. The smallest absolute Gasteiger partial charge is 0.408 e. The van der Waals surface area contributed by atoms with Gasteiger partial charge in [-0.3, -0.25) is 4.79 Å². The molecule has 8 nitrogen and oxygen atoms in total. The number of carboxylic acid groups (broad SMARTS) is 1.